The highest BCUT2D eigenvalue weighted by molar-refractivity contribution is 5.91. The number of benzene rings is 5. The predicted octanol–water partition coefficient (Wildman–Crippen LogP) is 10.1. The van der Waals surface area contributed by atoms with Gasteiger partial charge in [0.25, 0.3) is 0 Å². The van der Waals surface area contributed by atoms with Crippen molar-refractivity contribution in [2.45, 2.75) is 0 Å². The summed E-state index contributed by atoms with van der Waals surface area (Å²) in [5.41, 5.74) is 9.27. The SMILES string of the molecule is c1ccc2cc(-c3nc4ccccn4c3-c3ccc(-c4nc(-c5cnc6ccccc6c5)nc(-c5cnc6ccccc6c5)n4)cc3)ccc2c1. The average Bonchev–Trinajstić information content (AvgIpc) is 3.60. The van der Waals surface area contributed by atoms with Crippen LogP contribution in [0.5, 0.6) is 0 Å². The van der Waals surface area contributed by atoms with E-state index in [9.17, 15) is 0 Å². The van der Waals surface area contributed by atoms with Gasteiger partial charge in [0.05, 0.1) is 22.4 Å². The summed E-state index contributed by atoms with van der Waals surface area (Å²) in [5, 5.41) is 4.42. The van der Waals surface area contributed by atoms with Crippen LogP contribution in [0.1, 0.15) is 0 Å². The number of pyridine rings is 3. The van der Waals surface area contributed by atoms with E-state index >= 15 is 0 Å². The fraction of sp³-hybridized carbons (Fsp3) is 0. The van der Waals surface area contributed by atoms with Gasteiger partial charge in [0.2, 0.25) is 0 Å². The second-order valence-electron chi connectivity index (χ2n) is 12.5. The number of fused-ring (bicyclic) bond motifs is 4. The van der Waals surface area contributed by atoms with Gasteiger partial charge >= 0.3 is 0 Å². The van der Waals surface area contributed by atoms with Crippen LogP contribution in [0.4, 0.5) is 0 Å². The molecule has 0 saturated carbocycles. The van der Waals surface area contributed by atoms with Gasteiger partial charge in [-0.05, 0) is 53.2 Å². The predicted molar refractivity (Wildman–Crippen MR) is 204 cm³/mol. The molecule has 7 nitrogen and oxygen atoms in total. The molecule has 0 N–H and O–H groups in total. The normalized spacial score (nSPS) is 11.5. The fourth-order valence-electron chi connectivity index (χ4n) is 6.74. The van der Waals surface area contributed by atoms with Gasteiger partial charge in [-0.2, -0.15) is 0 Å². The zero-order valence-corrected chi connectivity index (χ0v) is 27.2. The second kappa shape index (κ2) is 11.8. The standard InChI is InChI=1S/C44H27N7/c1-2-10-31-23-34(21-16-28(31)9-1)40-41(51-22-8-7-15-39(51)47-40)29-17-19-30(20-18-29)42-48-43(35-24-32-11-3-5-13-37(32)45-26-35)50-44(49-42)36-25-33-12-4-6-14-38(33)46-27-36/h1-27H. The highest BCUT2D eigenvalue weighted by atomic mass is 15.0. The van der Waals surface area contributed by atoms with E-state index in [1.54, 1.807) is 0 Å². The van der Waals surface area contributed by atoms with Gasteiger partial charge < -0.3 is 0 Å². The Balaban J connectivity index is 1.11. The number of imidazole rings is 1. The molecule has 0 spiro atoms. The largest absolute Gasteiger partial charge is 0.299 e. The molecular weight excluding hydrogens is 627 g/mol. The van der Waals surface area contributed by atoms with E-state index in [1.165, 1.54) is 10.8 Å². The number of para-hydroxylation sites is 2. The van der Waals surface area contributed by atoms with E-state index in [1.807, 2.05) is 79.1 Å². The lowest BCUT2D eigenvalue weighted by Gasteiger charge is -2.10. The van der Waals surface area contributed by atoms with Crippen molar-refractivity contribution in [3.05, 3.63) is 164 Å². The third-order valence-electron chi connectivity index (χ3n) is 9.30. The smallest absolute Gasteiger partial charge is 0.165 e. The Bertz CT molecular complexity index is 2830. The van der Waals surface area contributed by atoms with Crippen molar-refractivity contribution in [1.82, 2.24) is 34.3 Å². The summed E-state index contributed by atoms with van der Waals surface area (Å²) in [4.78, 5) is 29.5. The lowest BCUT2D eigenvalue weighted by atomic mass is 10.0. The zero-order chi connectivity index (χ0) is 33.7. The molecule has 10 aromatic rings. The lowest BCUT2D eigenvalue weighted by molar-refractivity contribution is 1.07. The fourth-order valence-corrected chi connectivity index (χ4v) is 6.74. The van der Waals surface area contributed by atoms with Crippen LogP contribution in [0, 0.1) is 0 Å². The first-order valence-corrected chi connectivity index (χ1v) is 16.8. The van der Waals surface area contributed by atoms with E-state index in [4.69, 9.17) is 29.9 Å². The molecule has 7 heteroatoms. The van der Waals surface area contributed by atoms with Gasteiger partial charge in [0, 0.05) is 57.2 Å². The molecule has 0 saturated heterocycles. The first-order chi connectivity index (χ1) is 25.2. The van der Waals surface area contributed by atoms with Crippen molar-refractivity contribution in [1.29, 1.82) is 0 Å². The third kappa shape index (κ3) is 5.16. The molecule has 0 atom stereocenters. The highest BCUT2D eigenvalue weighted by Gasteiger charge is 2.18. The maximum Gasteiger partial charge on any atom is 0.165 e. The van der Waals surface area contributed by atoms with Crippen LogP contribution in [0.25, 0.3) is 94.9 Å². The second-order valence-corrected chi connectivity index (χ2v) is 12.5. The van der Waals surface area contributed by atoms with Gasteiger partial charge in [-0.25, -0.2) is 19.9 Å². The van der Waals surface area contributed by atoms with Gasteiger partial charge in [-0.1, -0.05) is 103 Å². The molecule has 0 fully saturated rings. The van der Waals surface area contributed by atoms with E-state index in [0.717, 1.165) is 66.7 Å². The van der Waals surface area contributed by atoms with Crippen LogP contribution in [-0.4, -0.2) is 34.3 Å². The van der Waals surface area contributed by atoms with E-state index in [0.29, 0.717) is 17.5 Å². The Labute approximate surface area is 292 Å². The Morgan fingerprint density at radius 3 is 1.55 bits per heavy atom. The average molecular weight is 654 g/mol. The molecule has 0 aliphatic carbocycles. The molecule has 0 unspecified atom stereocenters. The summed E-state index contributed by atoms with van der Waals surface area (Å²) < 4.78 is 2.15. The summed E-state index contributed by atoms with van der Waals surface area (Å²) in [6.07, 6.45) is 5.72. The molecule has 0 bridgehead atoms. The van der Waals surface area contributed by atoms with Crippen LogP contribution < -0.4 is 0 Å². The van der Waals surface area contributed by atoms with Crippen LogP contribution in [0.2, 0.25) is 0 Å². The van der Waals surface area contributed by atoms with Crippen LogP contribution in [0.15, 0.2) is 164 Å². The summed E-state index contributed by atoms with van der Waals surface area (Å²) in [5.74, 6) is 1.66. The molecule has 0 amide bonds. The summed E-state index contributed by atoms with van der Waals surface area (Å²) in [6.45, 7) is 0. The quantitative estimate of drug-likeness (QED) is 0.184. The first-order valence-electron chi connectivity index (χ1n) is 16.8. The van der Waals surface area contributed by atoms with Crippen molar-refractivity contribution < 1.29 is 0 Å². The van der Waals surface area contributed by atoms with Crippen LogP contribution in [0.3, 0.4) is 0 Å². The lowest BCUT2D eigenvalue weighted by Crippen LogP contribution is -2.01. The highest BCUT2D eigenvalue weighted by Crippen LogP contribution is 2.35. The monoisotopic (exact) mass is 653 g/mol. The minimum Gasteiger partial charge on any atom is -0.299 e. The zero-order valence-electron chi connectivity index (χ0n) is 27.2. The van der Waals surface area contributed by atoms with Crippen LogP contribution >= 0.6 is 0 Å². The van der Waals surface area contributed by atoms with Gasteiger partial charge in [-0.15, -0.1) is 0 Å². The maximum absolute atomic E-state index is 5.10. The molecule has 5 aromatic heterocycles. The van der Waals surface area contributed by atoms with Crippen molar-refractivity contribution >= 4 is 38.2 Å². The van der Waals surface area contributed by atoms with E-state index in [-0.39, 0.29) is 0 Å². The minimum absolute atomic E-state index is 0.547. The van der Waals surface area contributed by atoms with Crippen LogP contribution in [-0.2, 0) is 0 Å². The molecule has 238 valence electrons. The number of hydrogen-bond donors (Lipinski definition) is 0. The molecule has 5 aromatic carbocycles. The number of hydrogen-bond acceptors (Lipinski definition) is 6. The number of rotatable bonds is 5. The van der Waals surface area contributed by atoms with Crippen molar-refractivity contribution in [3.8, 4) is 56.7 Å². The number of nitrogens with zero attached hydrogens (tertiary/aromatic N) is 7. The molecule has 51 heavy (non-hydrogen) atoms. The molecule has 0 aliphatic heterocycles. The van der Waals surface area contributed by atoms with Gasteiger partial charge in [0.15, 0.2) is 17.5 Å². The Kier molecular flexibility index (Phi) is 6.67. The third-order valence-corrected chi connectivity index (χ3v) is 9.30. The van der Waals surface area contributed by atoms with Gasteiger partial charge in [0.1, 0.15) is 5.65 Å². The molecule has 0 radical (unpaired) electrons. The summed E-state index contributed by atoms with van der Waals surface area (Å²) in [7, 11) is 0. The minimum atomic E-state index is 0.547. The molecule has 5 heterocycles. The van der Waals surface area contributed by atoms with Gasteiger partial charge in [-0.3, -0.25) is 14.4 Å². The molecule has 10 rings (SSSR count). The molecular formula is C44H27N7. The van der Waals surface area contributed by atoms with E-state index < -0.39 is 0 Å². The maximum atomic E-state index is 5.10. The Morgan fingerprint density at radius 2 is 0.882 bits per heavy atom. The first kappa shape index (κ1) is 28.9. The Hall–Kier alpha value is -7.12. The van der Waals surface area contributed by atoms with E-state index in [2.05, 4.69) is 89.5 Å². The summed E-state index contributed by atoms with van der Waals surface area (Å²) >= 11 is 0. The van der Waals surface area contributed by atoms with Crippen molar-refractivity contribution in [2.24, 2.45) is 0 Å². The van der Waals surface area contributed by atoms with Crippen molar-refractivity contribution in [3.63, 3.8) is 0 Å². The molecule has 0 aliphatic rings. The topological polar surface area (TPSA) is 81.8 Å². The Morgan fingerprint density at radius 1 is 0.373 bits per heavy atom. The summed E-state index contributed by atoms with van der Waals surface area (Å²) in [6, 6.07) is 49.7. The van der Waals surface area contributed by atoms with Crippen molar-refractivity contribution in [2.75, 3.05) is 0 Å². The number of aromatic nitrogens is 7.